The van der Waals surface area contributed by atoms with E-state index in [1.807, 2.05) is 12.2 Å². The van der Waals surface area contributed by atoms with Crippen molar-refractivity contribution >= 4 is 18.2 Å². The summed E-state index contributed by atoms with van der Waals surface area (Å²) < 4.78 is 5.60. The maximum absolute atomic E-state index is 5.60. The first kappa shape index (κ1) is 8.11. The molecular formula is C12H12O. The van der Waals surface area contributed by atoms with E-state index in [1.54, 1.807) is 6.08 Å². The zero-order valence-corrected chi connectivity index (χ0v) is 7.55. The van der Waals surface area contributed by atoms with Gasteiger partial charge in [-0.25, -0.2) is 0 Å². The summed E-state index contributed by atoms with van der Waals surface area (Å²) in [6.45, 7) is 7.51. The van der Waals surface area contributed by atoms with Gasteiger partial charge < -0.3 is 4.42 Å². The Morgan fingerprint density at radius 2 is 2.15 bits per heavy atom. The van der Waals surface area contributed by atoms with E-state index in [-0.39, 0.29) is 0 Å². The molecule has 0 spiro atoms. The van der Waals surface area contributed by atoms with Crippen LogP contribution < -0.4 is 0 Å². The molecule has 13 heavy (non-hydrogen) atoms. The highest BCUT2D eigenvalue weighted by molar-refractivity contribution is 5.69. The smallest absolute Gasteiger partial charge is 0.134 e. The van der Waals surface area contributed by atoms with Gasteiger partial charge in [0.2, 0.25) is 0 Å². The molecular weight excluding hydrogens is 160 g/mol. The number of hydrogen-bond acceptors (Lipinski definition) is 1. The molecule has 1 nitrogen and oxygen atoms in total. The average molecular weight is 172 g/mol. The molecule has 0 saturated heterocycles. The van der Waals surface area contributed by atoms with Crippen molar-refractivity contribution in [2.24, 2.45) is 0 Å². The number of furan rings is 1. The van der Waals surface area contributed by atoms with E-state index in [2.05, 4.69) is 19.2 Å². The van der Waals surface area contributed by atoms with Crippen molar-refractivity contribution < 1.29 is 4.42 Å². The van der Waals surface area contributed by atoms with Crippen LogP contribution in [0.2, 0.25) is 0 Å². The number of rotatable bonds is 2. The topological polar surface area (TPSA) is 13.1 Å². The van der Waals surface area contributed by atoms with Gasteiger partial charge in [0.05, 0.1) is 0 Å². The molecule has 0 aliphatic heterocycles. The number of hydrogen-bond donors (Lipinski definition) is 0. The zero-order valence-electron chi connectivity index (χ0n) is 7.55. The quantitative estimate of drug-likeness (QED) is 0.665. The first-order chi connectivity index (χ1) is 6.36. The first-order valence-corrected chi connectivity index (χ1v) is 4.44. The first-order valence-electron chi connectivity index (χ1n) is 4.44. The lowest BCUT2D eigenvalue weighted by atomic mass is 9.99. The molecule has 2 rings (SSSR count). The van der Waals surface area contributed by atoms with E-state index in [9.17, 15) is 0 Å². The average Bonchev–Trinajstić information content (AvgIpc) is 2.55. The van der Waals surface area contributed by atoms with Gasteiger partial charge in [-0.3, -0.25) is 0 Å². The Morgan fingerprint density at radius 3 is 2.85 bits per heavy atom. The molecule has 0 atom stereocenters. The van der Waals surface area contributed by atoms with E-state index in [0.29, 0.717) is 0 Å². The van der Waals surface area contributed by atoms with Crippen LogP contribution >= 0.6 is 0 Å². The summed E-state index contributed by atoms with van der Waals surface area (Å²) in [5.41, 5.74) is 2.38. The van der Waals surface area contributed by atoms with Crippen molar-refractivity contribution in [3.8, 4) is 0 Å². The fourth-order valence-electron chi connectivity index (χ4n) is 1.70. The van der Waals surface area contributed by atoms with Gasteiger partial charge in [-0.05, 0) is 25.0 Å². The van der Waals surface area contributed by atoms with Crippen LogP contribution in [0.5, 0.6) is 0 Å². The van der Waals surface area contributed by atoms with Crippen molar-refractivity contribution in [1.82, 2.24) is 0 Å². The molecule has 0 saturated carbocycles. The van der Waals surface area contributed by atoms with Crippen molar-refractivity contribution in [2.45, 2.75) is 12.8 Å². The molecule has 1 aliphatic rings. The van der Waals surface area contributed by atoms with E-state index in [4.69, 9.17) is 4.42 Å². The minimum atomic E-state index is 0.839. The zero-order chi connectivity index (χ0) is 9.26. The molecule has 0 radical (unpaired) electrons. The van der Waals surface area contributed by atoms with Gasteiger partial charge in [0.15, 0.2) is 0 Å². The Morgan fingerprint density at radius 1 is 1.31 bits per heavy atom. The van der Waals surface area contributed by atoms with Gasteiger partial charge in [0, 0.05) is 11.1 Å². The minimum absolute atomic E-state index is 0.839. The summed E-state index contributed by atoms with van der Waals surface area (Å²) in [6.07, 6.45) is 9.88. The lowest BCUT2D eigenvalue weighted by Crippen LogP contribution is -1.91. The van der Waals surface area contributed by atoms with E-state index in [1.165, 1.54) is 5.56 Å². The Hall–Kier alpha value is -1.50. The molecule has 66 valence electrons. The fourth-order valence-corrected chi connectivity index (χ4v) is 1.70. The van der Waals surface area contributed by atoms with Crippen LogP contribution in [0, 0.1) is 0 Å². The second-order valence-electron chi connectivity index (χ2n) is 3.07. The van der Waals surface area contributed by atoms with Crippen LogP contribution in [0.4, 0.5) is 0 Å². The van der Waals surface area contributed by atoms with Crippen LogP contribution in [0.25, 0.3) is 18.2 Å². The summed E-state index contributed by atoms with van der Waals surface area (Å²) in [5, 5.41) is 0. The molecule has 0 amide bonds. The van der Waals surface area contributed by atoms with Crippen LogP contribution in [-0.4, -0.2) is 0 Å². The SMILES string of the molecule is C=Cc1oc2c(c1C=C)CCC=C2. The molecule has 1 aromatic rings. The molecule has 0 unspecified atom stereocenters. The lowest BCUT2D eigenvalue weighted by Gasteiger charge is -2.02. The van der Waals surface area contributed by atoms with Crippen LogP contribution in [0.15, 0.2) is 23.7 Å². The van der Waals surface area contributed by atoms with Gasteiger partial charge in [-0.1, -0.05) is 25.3 Å². The maximum atomic E-state index is 5.60. The van der Waals surface area contributed by atoms with Gasteiger partial charge in [-0.2, -0.15) is 0 Å². The summed E-state index contributed by atoms with van der Waals surface area (Å²) in [4.78, 5) is 0. The van der Waals surface area contributed by atoms with Crippen LogP contribution in [-0.2, 0) is 6.42 Å². The fraction of sp³-hybridized carbons (Fsp3) is 0.167. The van der Waals surface area contributed by atoms with Crippen molar-refractivity contribution in [1.29, 1.82) is 0 Å². The molecule has 0 aromatic carbocycles. The van der Waals surface area contributed by atoms with Gasteiger partial charge in [0.1, 0.15) is 11.5 Å². The van der Waals surface area contributed by atoms with Crippen molar-refractivity contribution in [3.63, 3.8) is 0 Å². The molecule has 0 N–H and O–H groups in total. The standard InChI is InChI=1S/C12H12O/c1-3-9-10-7-5-6-8-12(10)13-11(9)4-2/h3-4,6,8H,1-2,5,7H2. The summed E-state index contributed by atoms with van der Waals surface area (Å²) in [5.74, 6) is 1.81. The summed E-state index contributed by atoms with van der Waals surface area (Å²) in [6, 6.07) is 0. The monoisotopic (exact) mass is 172 g/mol. The number of allylic oxidation sites excluding steroid dienone is 1. The summed E-state index contributed by atoms with van der Waals surface area (Å²) >= 11 is 0. The van der Waals surface area contributed by atoms with Crippen molar-refractivity contribution in [3.05, 3.63) is 41.9 Å². The molecule has 1 heteroatoms. The van der Waals surface area contributed by atoms with Gasteiger partial charge in [0.25, 0.3) is 0 Å². The second-order valence-corrected chi connectivity index (χ2v) is 3.07. The lowest BCUT2D eigenvalue weighted by molar-refractivity contribution is 0.541. The normalized spacial score (nSPS) is 13.8. The van der Waals surface area contributed by atoms with Gasteiger partial charge >= 0.3 is 0 Å². The Labute approximate surface area is 78.1 Å². The Kier molecular flexibility index (Phi) is 1.93. The molecule has 1 aliphatic carbocycles. The Bertz CT molecular complexity index is 380. The Balaban J connectivity index is 2.64. The highest BCUT2D eigenvalue weighted by Gasteiger charge is 2.15. The predicted molar refractivity (Wildman–Crippen MR) is 56.2 cm³/mol. The third-order valence-corrected chi connectivity index (χ3v) is 2.33. The maximum Gasteiger partial charge on any atom is 0.134 e. The predicted octanol–water partition coefficient (Wildman–Crippen LogP) is 3.53. The molecule has 1 heterocycles. The van der Waals surface area contributed by atoms with E-state index in [0.717, 1.165) is 29.9 Å². The van der Waals surface area contributed by atoms with E-state index >= 15 is 0 Å². The van der Waals surface area contributed by atoms with E-state index < -0.39 is 0 Å². The number of fused-ring (bicyclic) bond motifs is 1. The molecule has 0 fully saturated rings. The highest BCUT2D eigenvalue weighted by atomic mass is 16.3. The minimum Gasteiger partial charge on any atom is -0.456 e. The summed E-state index contributed by atoms with van der Waals surface area (Å²) in [7, 11) is 0. The molecule has 0 bridgehead atoms. The second kappa shape index (κ2) is 3.09. The van der Waals surface area contributed by atoms with Crippen LogP contribution in [0.1, 0.15) is 29.1 Å². The van der Waals surface area contributed by atoms with Crippen LogP contribution in [0.3, 0.4) is 0 Å². The van der Waals surface area contributed by atoms with Gasteiger partial charge in [-0.15, -0.1) is 0 Å². The largest absolute Gasteiger partial charge is 0.456 e. The molecule has 1 aromatic heterocycles. The highest BCUT2D eigenvalue weighted by Crippen LogP contribution is 2.29. The third-order valence-electron chi connectivity index (χ3n) is 2.33. The third kappa shape index (κ3) is 1.17. The van der Waals surface area contributed by atoms with Crippen molar-refractivity contribution in [2.75, 3.05) is 0 Å².